The molecule has 3 aromatic rings. The fraction of sp³-hybridized carbons (Fsp3) is 0.222. The molecule has 23 heavy (non-hydrogen) atoms. The van der Waals surface area contributed by atoms with Crippen LogP contribution in [0, 0.1) is 6.92 Å². The summed E-state index contributed by atoms with van der Waals surface area (Å²) in [6.07, 6.45) is 4.75. The van der Waals surface area contributed by atoms with Crippen LogP contribution in [0.15, 0.2) is 42.7 Å². The summed E-state index contributed by atoms with van der Waals surface area (Å²) in [4.78, 5) is 10.1. The van der Waals surface area contributed by atoms with Crippen LogP contribution in [0.1, 0.15) is 18.9 Å². The van der Waals surface area contributed by atoms with Crippen LogP contribution in [0.4, 0.5) is 5.13 Å². The number of aromatic nitrogens is 2. The van der Waals surface area contributed by atoms with E-state index in [0.29, 0.717) is 0 Å². The molecule has 0 amide bonds. The summed E-state index contributed by atoms with van der Waals surface area (Å²) in [5.74, 6) is 0.271. The molecule has 0 aliphatic heterocycles. The van der Waals surface area contributed by atoms with Gasteiger partial charge in [0.2, 0.25) is 0 Å². The number of hydrogen-bond acceptors (Lipinski definition) is 5. The first-order chi connectivity index (χ1) is 11.2. The number of nitrogens with one attached hydrogen (secondary N) is 1. The lowest BCUT2D eigenvalue weighted by molar-refractivity contribution is 0.475. The summed E-state index contributed by atoms with van der Waals surface area (Å²) < 4.78 is 0. The number of benzene rings is 1. The molecule has 0 spiro atoms. The fourth-order valence-corrected chi connectivity index (χ4v) is 3.31. The first kappa shape index (κ1) is 15.5. The van der Waals surface area contributed by atoms with Crippen LogP contribution < -0.4 is 5.32 Å². The highest BCUT2D eigenvalue weighted by atomic mass is 32.1. The molecule has 2 N–H and O–H groups in total. The summed E-state index contributed by atoms with van der Waals surface area (Å²) in [6, 6.07) is 9.36. The summed E-state index contributed by atoms with van der Waals surface area (Å²) >= 11 is 1.63. The predicted octanol–water partition coefficient (Wildman–Crippen LogP) is 4.71. The Labute approximate surface area is 139 Å². The molecule has 0 unspecified atom stereocenters. The molecule has 0 aliphatic rings. The highest BCUT2D eigenvalue weighted by Crippen LogP contribution is 2.36. The predicted molar refractivity (Wildman–Crippen MR) is 96.0 cm³/mol. The van der Waals surface area contributed by atoms with Crippen molar-refractivity contribution in [1.82, 2.24) is 9.97 Å². The molecule has 118 valence electrons. The lowest BCUT2D eigenvalue weighted by Crippen LogP contribution is -1.97. The average Bonchev–Trinajstić information content (AvgIpc) is 3.02. The Morgan fingerprint density at radius 1 is 1.17 bits per heavy atom. The normalized spacial score (nSPS) is 10.7. The molecule has 0 bridgehead atoms. The molecule has 1 aromatic carbocycles. The maximum Gasteiger partial charge on any atom is 0.183 e. The Morgan fingerprint density at radius 2 is 2.04 bits per heavy atom. The van der Waals surface area contributed by atoms with E-state index in [9.17, 15) is 5.11 Å². The maximum absolute atomic E-state index is 9.62. The second-order valence-corrected chi connectivity index (χ2v) is 6.39. The van der Waals surface area contributed by atoms with Gasteiger partial charge in [-0.3, -0.25) is 4.98 Å². The van der Waals surface area contributed by atoms with Crippen molar-refractivity contribution in [2.75, 3.05) is 11.9 Å². The van der Waals surface area contributed by atoms with Gasteiger partial charge in [-0.15, -0.1) is 0 Å². The SMILES string of the molecule is CCCNc1ncc(-c2cccnc2-c2ccc(O)cc2C)s1. The van der Waals surface area contributed by atoms with Gasteiger partial charge < -0.3 is 10.4 Å². The minimum Gasteiger partial charge on any atom is -0.508 e. The molecule has 0 atom stereocenters. The zero-order valence-electron chi connectivity index (χ0n) is 13.2. The van der Waals surface area contributed by atoms with Crippen LogP contribution in [0.25, 0.3) is 21.7 Å². The Kier molecular flexibility index (Phi) is 4.57. The molecule has 3 rings (SSSR count). The number of phenolic OH excluding ortho intramolecular Hbond substituents is 1. The standard InChI is InChI=1S/C18H19N3OS/c1-3-8-20-18-21-11-16(23-18)15-5-4-9-19-17(15)14-7-6-13(22)10-12(14)2/h4-7,9-11,22H,3,8H2,1-2H3,(H,20,21). The number of hydrogen-bond donors (Lipinski definition) is 2. The molecular weight excluding hydrogens is 306 g/mol. The van der Waals surface area contributed by atoms with E-state index in [0.717, 1.165) is 45.4 Å². The van der Waals surface area contributed by atoms with Gasteiger partial charge in [0, 0.05) is 30.1 Å². The highest BCUT2D eigenvalue weighted by Gasteiger charge is 2.13. The number of rotatable bonds is 5. The van der Waals surface area contributed by atoms with Crippen molar-refractivity contribution >= 4 is 16.5 Å². The fourth-order valence-electron chi connectivity index (χ4n) is 2.44. The first-order valence-corrected chi connectivity index (χ1v) is 8.45. The van der Waals surface area contributed by atoms with E-state index < -0.39 is 0 Å². The second kappa shape index (κ2) is 6.79. The number of nitrogens with zero attached hydrogens (tertiary/aromatic N) is 2. The van der Waals surface area contributed by atoms with Gasteiger partial charge in [-0.1, -0.05) is 18.3 Å². The van der Waals surface area contributed by atoms with E-state index in [2.05, 4.69) is 28.3 Å². The van der Waals surface area contributed by atoms with E-state index in [1.807, 2.05) is 25.3 Å². The molecule has 4 nitrogen and oxygen atoms in total. The molecule has 0 saturated heterocycles. The molecule has 5 heteroatoms. The van der Waals surface area contributed by atoms with Crippen molar-refractivity contribution in [3.8, 4) is 27.4 Å². The smallest absolute Gasteiger partial charge is 0.183 e. The van der Waals surface area contributed by atoms with Crippen LogP contribution in [0.2, 0.25) is 0 Å². The Hall–Kier alpha value is -2.40. The minimum atomic E-state index is 0.271. The van der Waals surface area contributed by atoms with E-state index in [1.165, 1.54) is 0 Å². The molecule has 2 heterocycles. The zero-order valence-corrected chi connectivity index (χ0v) is 14.0. The Bertz CT molecular complexity index is 814. The number of pyridine rings is 1. The Morgan fingerprint density at radius 3 is 2.83 bits per heavy atom. The topological polar surface area (TPSA) is 58.0 Å². The summed E-state index contributed by atoms with van der Waals surface area (Å²) in [5, 5.41) is 13.9. The third-order valence-electron chi connectivity index (χ3n) is 3.57. The zero-order chi connectivity index (χ0) is 16.2. The van der Waals surface area contributed by atoms with E-state index in [-0.39, 0.29) is 5.75 Å². The van der Waals surface area contributed by atoms with Crippen LogP contribution in [0.3, 0.4) is 0 Å². The van der Waals surface area contributed by atoms with Gasteiger partial charge >= 0.3 is 0 Å². The van der Waals surface area contributed by atoms with E-state index >= 15 is 0 Å². The largest absolute Gasteiger partial charge is 0.508 e. The monoisotopic (exact) mass is 325 g/mol. The maximum atomic E-state index is 9.62. The number of thiazole rings is 1. The van der Waals surface area contributed by atoms with Crippen molar-refractivity contribution < 1.29 is 5.11 Å². The average molecular weight is 325 g/mol. The van der Waals surface area contributed by atoms with Crippen LogP contribution >= 0.6 is 11.3 Å². The molecule has 0 fully saturated rings. The van der Waals surface area contributed by atoms with E-state index in [4.69, 9.17) is 0 Å². The number of aryl methyl sites for hydroxylation is 1. The summed E-state index contributed by atoms with van der Waals surface area (Å²) in [6.45, 7) is 5.03. The summed E-state index contributed by atoms with van der Waals surface area (Å²) in [7, 11) is 0. The molecule has 0 saturated carbocycles. The number of anilines is 1. The van der Waals surface area contributed by atoms with Crippen LogP contribution in [-0.4, -0.2) is 21.6 Å². The molecule has 0 radical (unpaired) electrons. The van der Waals surface area contributed by atoms with Crippen LogP contribution in [0.5, 0.6) is 5.75 Å². The molecule has 0 aliphatic carbocycles. The van der Waals surface area contributed by atoms with Crippen molar-refractivity contribution in [3.05, 3.63) is 48.3 Å². The van der Waals surface area contributed by atoms with Gasteiger partial charge in [0.15, 0.2) is 5.13 Å². The van der Waals surface area contributed by atoms with Gasteiger partial charge in [0.1, 0.15) is 5.75 Å². The third kappa shape index (κ3) is 3.35. The quantitative estimate of drug-likeness (QED) is 0.713. The molecule has 2 aromatic heterocycles. The van der Waals surface area contributed by atoms with E-state index in [1.54, 1.807) is 29.7 Å². The lowest BCUT2D eigenvalue weighted by atomic mass is 10.0. The van der Waals surface area contributed by atoms with Crippen molar-refractivity contribution in [1.29, 1.82) is 0 Å². The van der Waals surface area contributed by atoms with Gasteiger partial charge in [0.05, 0.1) is 10.6 Å². The van der Waals surface area contributed by atoms with Gasteiger partial charge in [-0.25, -0.2) is 4.98 Å². The lowest BCUT2D eigenvalue weighted by Gasteiger charge is -2.10. The van der Waals surface area contributed by atoms with Crippen LogP contribution in [-0.2, 0) is 0 Å². The van der Waals surface area contributed by atoms with Gasteiger partial charge in [-0.05, 0) is 49.2 Å². The highest BCUT2D eigenvalue weighted by molar-refractivity contribution is 7.18. The van der Waals surface area contributed by atoms with Gasteiger partial charge in [0.25, 0.3) is 0 Å². The first-order valence-electron chi connectivity index (χ1n) is 7.64. The number of aromatic hydroxyl groups is 1. The van der Waals surface area contributed by atoms with Crippen molar-refractivity contribution in [2.24, 2.45) is 0 Å². The molecular formula is C18H19N3OS. The van der Waals surface area contributed by atoms with Crippen molar-refractivity contribution in [3.63, 3.8) is 0 Å². The van der Waals surface area contributed by atoms with Crippen molar-refractivity contribution in [2.45, 2.75) is 20.3 Å². The Balaban J connectivity index is 2.02. The second-order valence-electron chi connectivity index (χ2n) is 5.36. The minimum absolute atomic E-state index is 0.271. The number of phenols is 1. The van der Waals surface area contributed by atoms with Gasteiger partial charge in [-0.2, -0.15) is 0 Å². The third-order valence-corrected chi connectivity index (χ3v) is 4.56. The summed E-state index contributed by atoms with van der Waals surface area (Å²) in [5.41, 5.74) is 3.99.